The van der Waals surface area contributed by atoms with E-state index in [2.05, 4.69) is 5.32 Å². The third-order valence-electron chi connectivity index (χ3n) is 6.04. The van der Waals surface area contributed by atoms with Gasteiger partial charge in [-0.3, -0.25) is 14.5 Å². The molecule has 0 aromatic heterocycles. The highest BCUT2D eigenvalue weighted by Crippen LogP contribution is 2.32. The monoisotopic (exact) mass is 457 g/mol. The lowest BCUT2D eigenvalue weighted by Gasteiger charge is -2.33. The molecule has 0 radical (unpaired) electrons. The molecule has 2 saturated heterocycles. The Hall–Kier alpha value is -3.23. The minimum Gasteiger partial charge on any atom is -0.496 e. The zero-order valence-electron chi connectivity index (χ0n) is 19.5. The summed E-state index contributed by atoms with van der Waals surface area (Å²) in [6.45, 7) is 6.13. The molecule has 3 amide bonds. The van der Waals surface area contributed by atoms with Gasteiger partial charge in [0, 0.05) is 31.3 Å². The molecule has 1 aromatic rings. The average Bonchev–Trinajstić information content (AvgIpc) is 3.39. The molecule has 4 rings (SSSR count). The van der Waals surface area contributed by atoms with Crippen LogP contribution in [0.15, 0.2) is 24.4 Å². The van der Waals surface area contributed by atoms with Crippen LogP contribution in [0.4, 0.5) is 4.79 Å². The summed E-state index contributed by atoms with van der Waals surface area (Å²) in [6, 6.07) is 3.84. The number of fused-ring (bicyclic) bond motifs is 4. The van der Waals surface area contributed by atoms with Crippen LogP contribution in [0.2, 0.25) is 0 Å². The first-order valence-corrected chi connectivity index (χ1v) is 11.3. The first-order valence-electron chi connectivity index (χ1n) is 11.3. The van der Waals surface area contributed by atoms with Crippen LogP contribution in [-0.4, -0.2) is 71.7 Å². The molecule has 0 saturated carbocycles. The Morgan fingerprint density at radius 1 is 1.18 bits per heavy atom. The second-order valence-corrected chi connectivity index (χ2v) is 9.50. The summed E-state index contributed by atoms with van der Waals surface area (Å²) in [7, 11) is 1.57. The summed E-state index contributed by atoms with van der Waals surface area (Å²) in [5.74, 6) is 0.621. The maximum Gasteiger partial charge on any atom is 0.411 e. The molecule has 2 bridgehead atoms. The first kappa shape index (κ1) is 22.9. The van der Waals surface area contributed by atoms with Gasteiger partial charge < -0.3 is 24.4 Å². The lowest BCUT2D eigenvalue weighted by molar-refractivity contribution is -0.143. The quantitative estimate of drug-likeness (QED) is 0.696. The molecular weight excluding hydrogens is 426 g/mol. The molecule has 0 unspecified atom stereocenters. The topological polar surface area (TPSA) is 97.4 Å². The van der Waals surface area contributed by atoms with Crippen molar-refractivity contribution >= 4 is 24.0 Å². The lowest BCUT2D eigenvalue weighted by Crippen LogP contribution is -2.56. The maximum atomic E-state index is 13.7. The molecule has 0 aliphatic carbocycles. The molecule has 3 heterocycles. The summed E-state index contributed by atoms with van der Waals surface area (Å²) in [5.41, 5.74) is 0.0253. The number of ether oxygens (including phenoxy) is 3. The van der Waals surface area contributed by atoms with Crippen molar-refractivity contribution in [3.05, 3.63) is 30.0 Å². The maximum absolute atomic E-state index is 13.7. The van der Waals surface area contributed by atoms with Gasteiger partial charge in [-0.2, -0.15) is 0 Å². The molecule has 0 spiro atoms. The number of hydrogen-bond donors (Lipinski definition) is 1. The first-order chi connectivity index (χ1) is 15.7. The zero-order valence-corrected chi connectivity index (χ0v) is 19.5. The molecule has 3 aliphatic rings. The summed E-state index contributed by atoms with van der Waals surface area (Å²) >= 11 is 0. The van der Waals surface area contributed by atoms with Gasteiger partial charge in [-0.05, 0) is 57.9 Å². The second-order valence-electron chi connectivity index (χ2n) is 9.50. The minimum atomic E-state index is -0.882. The number of amides is 3. The smallest absolute Gasteiger partial charge is 0.411 e. The summed E-state index contributed by atoms with van der Waals surface area (Å²) in [6.07, 6.45) is 3.91. The molecule has 9 heteroatoms. The Labute approximate surface area is 193 Å². The van der Waals surface area contributed by atoms with Gasteiger partial charge in [0.15, 0.2) is 6.04 Å². The van der Waals surface area contributed by atoms with E-state index in [9.17, 15) is 14.4 Å². The van der Waals surface area contributed by atoms with Crippen molar-refractivity contribution in [1.29, 1.82) is 0 Å². The summed E-state index contributed by atoms with van der Waals surface area (Å²) in [5, 5.41) is 2.78. The number of hydrogen-bond acceptors (Lipinski definition) is 6. The number of benzene rings is 1. The highest BCUT2D eigenvalue weighted by atomic mass is 16.6. The molecular formula is C24H31N3O6. The predicted octanol–water partition coefficient (Wildman–Crippen LogP) is 2.54. The van der Waals surface area contributed by atoms with Crippen molar-refractivity contribution in [2.45, 2.75) is 63.8 Å². The average molecular weight is 458 g/mol. The van der Waals surface area contributed by atoms with E-state index < -0.39 is 29.9 Å². The van der Waals surface area contributed by atoms with Crippen molar-refractivity contribution in [2.24, 2.45) is 0 Å². The van der Waals surface area contributed by atoms with Gasteiger partial charge in [0.1, 0.15) is 29.2 Å². The summed E-state index contributed by atoms with van der Waals surface area (Å²) in [4.78, 5) is 42.6. The predicted molar refractivity (Wildman–Crippen MR) is 121 cm³/mol. The van der Waals surface area contributed by atoms with E-state index in [1.54, 1.807) is 63.3 Å². The van der Waals surface area contributed by atoms with E-state index >= 15 is 0 Å². The van der Waals surface area contributed by atoms with Gasteiger partial charge in [0.25, 0.3) is 0 Å². The number of methoxy groups -OCH3 is 1. The van der Waals surface area contributed by atoms with Crippen LogP contribution in [0.5, 0.6) is 11.5 Å². The van der Waals surface area contributed by atoms with E-state index in [-0.39, 0.29) is 11.8 Å². The van der Waals surface area contributed by atoms with Gasteiger partial charge in [0.2, 0.25) is 11.8 Å². The van der Waals surface area contributed by atoms with Crippen molar-refractivity contribution in [1.82, 2.24) is 15.1 Å². The third-order valence-corrected chi connectivity index (χ3v) is 6.04. The second kappa shape index (κ2) is 8.96. The van der Waals surface area contributed by atoms with Crippen LogP contribution in [0.3, 0.4) is 0 Å². The standard InChI is InChI=1S/C24H31N3O6/c1-24(2,3)33-23(30)27-13-10-19-20(27)22(29)26-12-5-6-17(26)21(28)25-11-9-15-14-16(32-19)7-8-18(15)31-4/h7-9,11,14,17,19-20H,5-6,10,12-13H2,1-4H3,(H,25,28)/b11-9+/t17-,19-,20-/m0/s1. The van der Waals surface area contributed by atoms with Crippen molar-refractivity contribution in [3.8, 4) is 11.5 Å². The van der Waals surface area contributed by atoms with Crippen molar-refractivity contribution in [3.63, 3.8) is 0 Å². The number of carbonyl (C=O) groups excluding carboxylic acids is 3. The zero-order chi connectivity index (χ0) is 23.8. The van der Waals surface area contributed by atoms with E-state index in [0.717, 1.165) is 5.56 Å². The van der Waals surface area contributed by atoms with Crippen LogP contribution in [0.25, 0.3) is 6.08 Å². The molecule has 33 heavy (non-hydrogen) atoms. The SMILES string of the molecule is COc1ccc2cc1/C=C/NC(=O)[C@@H]1CCCN1C(=O)[C@@H]1[C@H](CCN1C(=O)OC(C)(C)C)O2. The Bertz CT molecular complexity index is 969. The number of carbonyl (C=O) groups is 3. The highest BCUT2D eigenvalue weighted by Gasteiger charge is 2.49. The van der Waals surface area contributed by atoms with Crippen LogP contribution >= 0.6 is 0 Å². The number of nitrogens with one attached hydrogen (secondary N) is 1. The number of likely N-dealkylation sites (tertiary alicyclic amines) is 1. The van der Waals surface area contributed by atoms with Gasteiger partial charge in [0.05, 0.1) is 7.11 Å². The van der Waals surface area contributed by atoms with Crippen LogP contribution in [-0.2, 0) is 14.3 Å². The molecule has 1 aromatic carbocycles. The van der Waals surface area contributed by atoms with E-state index in [4.69, 9.17) is 14.2 Å². The van der Waals surface area contributed by atoms with Gasteiger partial charge >= 0.3 is 6.09 Å². The number of rotatable bonds is 1. The van der Waals surface area contributed by atoms with Gasteiger partial charge in [-0.25, -0.2) is 4.79 Å². The minimum absolute atomic E-state index is 0.259. The normalized spacial score (nSPS) is 26.1. The summed E-state index contributed by atoms with van der Waals surface area (Å²) < 4.78 is 17.2. The van der Waals surface area contributed by atoms with Crippen LogP contribution in [0.1, 0.15) is 45.6 Å². The lowest BCUT2D eigenvalue weighted by atomic mass is 10.1. The fourth-order valence-corrected chi connectivity index (χ4v) is 4.58. The molecule has 3 atom stereocenters. The largest absolute Gasteiger partial charge is 0.496 e. The molecule has 1 N–H and O–H groups in total. The van der Waals surface area contributed by atoms with Gasteiger partial charge in [-0.1, -0.05) is 0 Å². The Kier molecular flexibility index (Phi) is 6.23. The Morgan fingerprint density at radius 2 is 1.97 bits per heavy atom. The van der Waals surface area contributed by atoms with Crippen molar-refractivity contribution < 1.29 is 28.6 Å². The van der Waals surface area contributed by atoms with E-state index in [0.29, 0.717) is 43.9 Å². The van der Waals surface area contributed by atoms with Crippen LogP contribution < -0.4 is 14.8 Å². The molecule has 2 fully saturated rings. The van der Waals surface area contributed by atoms with E-state index in [1.165, 1.54) is 4.90 Å². The van der Waals surface area contributed by atoms with Gasteiger partial charge in [-0.15, -0.1) is 0 Å². The molecule has 178 valence electrons. The fraction of sp³-hybridized carbons (Fsp3) is 0.542. The van der Waals surface area contributed by atoms with E-state index in [1.807, 2.05) is 0 Å². The van der Waals surface area contributed by atoms with Crippen LogP contribution in [0, 0.1) is 0 Å². The molecule has 3 aliphatic heterocycles. The third kappa shape index (κ3) is 4.77. The van der Waals surface area contributed by atoms with Crippen molar-refractivity contribution in [2.75, 3.05) is 20.2 Å². The fourth-order valence-electron chi connectivity index (χ4n) is 4.58. The molecule has 9 nitrogen and oxygen atoms in total. The number of nitrogens with zero attached hydrogens (tertiary/aromatic N) is 2. The highest BCUT2D eigenvalue weighted by molar-refractivity contribution is 5.93. The Morgan fingerprint density at radius 3 is 2.70 bits per heavy atom. The Balaban J connectivity index is 1.73.